The number of hydrogen-bond donors (Lipinski definition) is 0. The van der Waals surface area contributed by atoms with Gasteiger partial charge in [0.1, 0.15) is 5.84 Å². The minimum Gasteiger partial charge on any atom is -0.333 e. The molecule has 0 aromatic heterocycles. The molecule has 2 heterocycles. The summed E-state index contributed by atoms with van der Waals surface area (Å²) in [6.45, 7) is 0.783. The van der Waals surface area contributed by atoms with Gasteiger partial charge in [0.15, 0.2) is 6.17 Å². The van der Waals surface area contributed by atoms with Crippen LogP contribution in [0.5, 0.6) is 0 Å². The van der Waals surface area contributed by atoms with Crippen molar-refractivity contribution in [1.82, 2.24) is 10.1 Å². The molecule has 0 amide bonds. The molecule has 5 nitrogen and oxygen atoms in total. The smallest absolute Gasteiger partial charge is 0.333 e. The van der Waals surface area contributed by atoms with Crippen LogP contribution < -0.4 is 0 Å². The first-order chi connectivity index (χ1) is 14.3. The quantitative estimate of drug-likeness (QED) is 0.606. The second-order valence-electron chi connectivity index (χ2n) is 10.4. The molecule has 1 atom stereocenters. The summed E-state index contributed by atoms with van der Waals surface area (Å²) in [6, 6.07) is 0. The number of carbonyl (C=O) groups is 1. The zero-order chi connectivity index (χ0) is 20.9. The summed E-state index contributed by atoms with van der Waals surface area (Å²) >= 11 is 0. The van der Waals surface area contributed by atoms with Crippen molar-refractivity contribution in [2.45, 2.75) is 95.8 Å². The maximum atomic E-state index is 12.9. The molecule has 0 spiro atoms. The molecule has 0 radical (unpaired) electrons. The van der Waals surface area contributed by atoms with Gasteiger partial charge in [-0.3, -0.25) is 0 Å². The molecular formula is C22H32F3N3O2. The topological polar surface area (TPSA) is 45.1 Å². The number of hydroxylamine groups is 1. The summed E-state index contributed by atoms with van der Waals surface area (Å²) in [6.07, 6.45) is 8.83. The number of rotatable bonds is 2. The monoisotopic (exact) mass is 427 g/mol. The van der Waals surface area contributed by atoms with E-state index in [-0.39, 0.29) is 5.41 Å². The maximum Gasteiger partial charge on any atom is 0.493 e. The molecule has 0 N–H and O–H groups in total. The fourth-order valence-electron chi connectivity index (χ4n) is 7.33. The summed E-state index contributed by atoms with van der Waals surface area (Å²) in [4.78, 5) is 18.7. The Balaban J connectivity index is 1.46. The number of carbonyl (C=O) groups excluding carboxylic acids is 1. The Hall–Kier alpha value is -1.47. The molecule has 0 aromatic rings. The van der Waals surface area contributed by atoms with Crippen molar-refractivity contribution in [3.63, 3.8) is 0 Å². The number of fused-ring (bicyclic) bond motifs is 1. The molecule has 8 heteroatoms. The van der Waals surface area contributed by atoms with Crippen molar-refractivity contribution in [3.8, 4) is 0 Å². The average molecular weight is 428 g/mol. The molecule has 4 aliphatic carbocycles. The number of hydrazone groups is 1. The van der Waals surface area contributed by atoms with E-state index in [0.29, 0.717) is 24.2 Å². The van der Waals surface area contributed by atoms with Gasteiger partial charge in [-0.1, -0.05) is 30.9 Å². The second-order valence-corrected chi connectivity index (χ2v) is 10.4. The Labute approximate surface area is 175 Å². The van der Waals surface area contributed by atoms with E-state index in [2.05, 4.69) is 10.0 Å². The normalized spacial score (nSPS) is 39.0. The summed E-state index contributed by atoms with van der Waals surface area (Å²) in [5, 5.41) is 5.67. The fraction of sp³-hybridized carbons (Fsp3) is 0.909. The Morgan fingerprint density at radius 3 is 2.10 bits per heavy atom. The lowest BCUT2D eigenvalue weighted by Gasteiger charge is -2.57. The summed E-state index contributed by atoms with van der Waals surface area (Å²) in [7, 11) is 0. The predicted octanol–water partition coefficient (Wildman–Crippen LogP) is 5.22. The highest BCUT2D eigenvalue weighted by Crippen LogP contribution is 2.61. The standard InChI is InChI=1S/C22H32F3N3O2/c23-22(24,25)20(29)30-28-18-7-5-3-1-2-4-6-8-27(18)19(26-28)21-12-15-9-16(13-21)11-17(10-15)14-21/h15-18H,1-14H2. The van der Waals surface area contributed by atoms with Crippen molar-refractivity contribution in [2.24, 2.45) is 28.3 Å². The lowest BCUT2D eigenvalue weighted by atomic mass is 9.49. The van der Waals surface area contributed by atoms with Crippen molar-refractivity contribution in [3.05, 3.63) is 0 Å². The molecule has 30 heavy (non-hydrogen) atoms. The van der Waals surface area contributed by atoms with Crippen LogP contribution >= 0.6 is 0 Å². The van der Waals surface area contributed by atoms with Crippen LogP contribution in [0.3, 0.4) is 0 Å². The van der Waals surface area contributed by atoms with Gasteiger partial charge in [-0.15, -0.1) is 5.10 Å². The predicted molar refractivity (Wildman–Crippen MR) is 105 cm³/mol. The van der Waals surface area contributed by atoms with Crippen LogP contribution in [0.25, 0.3) is 0 Å². The number of halogens is 3. The van der Waals surface area contributed by atoms with E-state index in [4.69, 9.17) is 4.84 Å². The molecular weight excluding hydrogens is 395 g/mol. The third kappa shape index (κ3) is 3.68. The average Bonchev–Trinajstić information content (AvgIpc) is 3.01. The highest BCUT2D eigenvalue weighted by atomic mass is 19.4. The van der Waals surface area contributed by atoms with Gasteiger partial charge in [0, 0.05) is 12.0 Å². The van der Waals surface area contributed by atoms with Crippen molar-refractivity contribution in [2.75, 3.05) is 6.54 Å². The van der Waals surface area contributed by atoms with Gasteiger partial charge in [-0.2, -0.15) is 13.2 Å². The Morgan fingerprint density at radius 2 is 1.50 bits per heavy atom. The van der Waals surface area contributed by atoms with Crippen LogP contribution in [0.15, 0.2) is 5.10 Å². The highest BCUT2D eigenvalue weighted by Gasteiger charge is 2.57. The Morgan fingerprint density at radius 1 is 0.933 bits per heavy atom. The molecule has 2 aliphatic heterocycles. The molecule has 5 fully saturated rings. The van der Waals surface area contributed by atoms with E-state index in [1.165, 1.54) is 25.7 Å². The molecule has 168 valence electrons. The van der Waals surface area contributed by atoms with Crippen LogP contribution in [-0.2, 0) is 9.63 Å². The van der Waals surface area contributed by atoms with Crippen LogP contribution in [0.1, 0.15) is 83.5 Å². The van der Waals surface area contributed by atoms with Crippen molar-refractivity contribution < 1.29 is 22.8 Å². The van der Waals surface area contributed by atoms with Gasteiger partial charge < -0.3 is 9.74 Å². The first-order valence-corrected chi connectivity index (χ1v) is 11.8. The van der Waals surface area contributed by atoms with Crippen LogP contribution in [0.2, 0.25) is 0 Å². The maximum absolute atomic E-state index is 12.9. The molecule has 4 bridgehead atoms. The third-order valence-electron chi connectivity index (χ3n) is 8.11. The van der Waals surface area contributed by atoms with Crippen LogP contribution in [-0.4, -0.2) is 40.8 Å². The van der Waals surface area contributed by atoms with Crippen LogP contribution in [0.4, 0.5) is 13.2 Å². The fourth-order valence-corrected chi connectivity index (χ4v) is 7.33. The molecule has 6 rings (SSSR count). The molecule has 4 saturated carbocycles. The first-order valence-electron chi connectivity index (χ1n) is 11.8. The van der Waals surface area contributed by atoms with Gasteiger partial charge in [-0.25, -0.2) is 4.79 Å². The molecule has 1 saturated heterocycles. The van der Waals surface area contributed by atoms with E-state index in [9.17, 15) is 18.0 Å². The van der Waals surface area contributed by atoms with Crippen molar-refractivity contribution in [1.29, 1.82) is 0 Å². The highest BCUT2D eigenvalue weighted by molar-refractivity contribution is 5.90. The minimum atomic E-state index is -5.01. The summed E-state index contributed by atoms with van der Waals surface area (Å²) in [5.41, 5.74) is -0.0451. The van der Waals surface area contributed by atoms with Gasteiger partial charge in [0.05, 0.1) is 0 Å². The van der Waals surface area contributed by atoms with Crippen LogP contribution in [0, 0.1) is 23.2 Å². The van der Waals surface area contributed by atoms with Gasteiger partial charge in [0.25, 0.3) is 0 Å². The Bertz CT molecular complexity index is 673. The van der Waals surface area contributed by atoms with E-state index in [1.807, 2.05) is 0 Å². The zero-order valence-corrected chi connectivity index (χ0v) is 17.5. The second kappa shape index (κ2) is 7.59. The van der Waals surface area contributed by atoms with Gasteiger partial charge in [0.2, 0.25) is 0 Å². The lowest BCUT2D eigenvalue weighted by molar-refractivity contribution is -0.250. The third-order valence-corrected chi connectivity index (χ3v) is 8.11. The Kier molecular flexibility index (Phi) is 5.17. The largest absolute Gasteiger partial charge is 0.493 e. The minimum absolute atomic E-state index is 0.0451. The lowest BCUT2D eigenvalue weighted by Crippen LogP contribution is -2.55. The SMILES string of the molecule is O=C(ON1N=C(C23CC4CC(CC(C4)C2)C3)N2CCCCCCCCC12)C(F)(F)F. The first kappa shape index (κ1) is 20.4. The molecule has 6 aliphatic rings. The van der Waals surface area contributed by atoms with Gasteiger partial charge in [-0.05, 0) is 75.5 Å². The van der Waals surface area contributed by atoms with Crippen molar-refractivity contribution >= 4 is 11.8 Å². The number of hydrogen-bond acceptors (Lipinski definition) is 5. The molecule has 1 unspecified atom stereocenters. The van der Waals surface area contributed by atoms with E-state index in [0.717, 1.165) is 68.9 Å². The summed E-state index contributed by atoms with van der Waals surface area (Å²) < 4.78 is 38.8. The van der Waals surface area contributed by atoms with E-state index in [1.54, 1.807) is 0 Å². The number of alkyl halides is 3. The zero-order valence-electron chi connectivity index (χ0n) is 17.5. The van der Waals surface area contributed by atoms with Gasteiger partial charge >= 0.3 is 12.1 Å². The van der Waals surface area contributed by atoms with E-state index >= 15 is 0 Å². The number of nitrogens with zero attached hydrogens (tertiary/aromatic N) is 3. The number of amidine groups is 1. The van der Waals surface area contributed by atoms with E-state index < -0.39 is 18.3 Å². The molecule has 0 aromatic carbocycles. The summed E-state index contributed by atoms with van der Waals surface area (Å²) in [5.74, 6) is 0.886.